The van der Waals surface area contributed by atoms with Crippen LogP contribution in [0.5, 0.6) is 0 Å². The molecule has 2 aromatic rings. The number of hydrogen-bond acceptors (Lipinski definition) is 2. The average Bonchev–Trinajstić information content (AvgIpc) is 2.38. The van der Waals surface area contributed by atoms with Gasteiger partial charge >= 0.3 is 0 Å². The molecular weight excluding hydrogens is 286 g/mol. The Kier molecular flexibility index (Phi) is 4.42. The number of rotatable bonds is 2. The molecule has 0 saturated carbocycles. The third-order valence-electron chi connectivity index (χ3n) is 3.04. The molecule has 3 heteroatoms. The lowest BCUT2D eigenvalue weighted by Crippen LogP contribution is -2.10. The Labute approximate surface area is 129 Å². The molecule has 0 N–H and O–H groups in total. The minimum Gasteiger partial charge on any atom is -0.192 e. The zero-order chi connectivity index (χ0) is 14.8. The highest BCUT2D eigenvalue weighted by Gasteiger charge is 2.13. The smallest absolute Gasteiger partial charge is 0.102 e. The molecule has 0 aromatic heterocycles. The van der Waals surface area contributed by atoms with Gasteiger partial charge in [-0.05, 0) is 35.2 Å². The second-order valence-corrected chi connectivity index (χ2v) is 7.12. The van der Waals surface area contributed by atoms with Crippen LogP contribution < -0.4 is 0 Å². The van der Waals surface area contributed by atoms with E-state index in [0.29, 0.717) is 10.6 Å². The summed E-state index contributed by atoms with van der Waals surface area (Å²) in [6, 6.07) is 16.2. The SMILES string of the molecule is CC(C)(C)c1ccc(Sc2cccc(Cl)c2C#N)cc1. The van der Waals surface area contributed by atoms with Crippen molar-refractivity contribution >= 4 is 23.4 Å². The zero-order valence-corrected chi connectivity index (χ0v) is 13.3. The molecule has 102 valence electrons. The molecule has 0 aliphatic carbocycles. The van der Waals surface area contributed by atoms with Crippen molar-refractivity contribution in [2.75, 3.05) is 0 Å². The van der Waals surface area contributed by atoms with Gasteiger partial charge in [-0.3, -0.25) is 0 Å². The van der Waals surface area contributed by atoms with Gasteiger partial charge in [0.25, 0.3) is 0 Å². The molecule has 2 aromatic carbocycles. The van der Waals surface area contributed by atoms with Crippen LogP contribution in [-0.4, -0.2) is 0 Å². The summed E-state index contributed by atoms with van der Waals surface area (Å²) >= 11 is 7.61. The molecule has 0 amide bonds. The average molecular weight is 302 g/mol. The molecule has 2 rings (SSSR count). The highest BCUT2D eigenvalue weighted by atomic mass is 35.5. The first kappa shape index (κ1) is 15.0. The Morgan fingerprint density at radius 3 is 2.25 bits per heavy atom. The van der Waals surface area contributed by atoms with Gasteiger partial charge in [-0.2, -0.15) is 5.26 Å². The van der Waals surface area contributed by atoms with Crippen LogP contribution in [0.3, 0.4) is 0 Å². The van der Waals surface area contributed by atoms with Crippen molar-refractivity contribution < 1.29 is 0 Å². The molecule has 1 nitrogen and oxygen atoms in total. The molecule has 0 heterocycles. The summed E-state index contributed by atoms with van der Waals surface area (Å²) in [5.74, 6) is 0. The normalized spacial score (nSPS) is 11.2. The van der Waals surface area contributed by atoms with E-state index in [4.69, 9.17) is 11.6 Å². The van der Waals surface area contributed by atoms with Crippen LogP contribution >= 0.6 is 23.4 Å². The van der Waals surface area contributed by atoms with Gasteiger partial charge in [0.1, 0.15) is 6.07 Å². The van der Waals surface area contributed by atoms with Crippen LogP contribution in [0.1, 0.15) is 31.9 Å². The summed E-state index contributed by atoms with van der Waals surface area (Å²) in [6.07, 6.45) is 0. The van der Waals surface area contributed by atoms with Crippen molar-refractivity contribution in [1.82, 2.24) is 0 Å². The van der Waals surface area contributed by atoms with Gasteiger partial charge in [0.15, 0.2) is 0 Å². The first-order valence-electron chi connectivity index (χ1n) is 6.39. The third-order valence-corrected chi connectivity index (χ3v) is 4.42. The summed E-state index contributed by atoms with van der Waals surface area (Å²) in [5.41, 5.74) is 1.99. The maximum Gasteiger partial charge on any atom is 0.102 e. The largest absolute Gasteiger partial charge is 0.192 e. The second-order valence-electron chi connectivity index (χ2n) is 5.60. The fraction of sp³-hybridized carbons (Fsp3) is 0.235. The van der Waals surface area contributed by atoms with E-state index in [1.54, 1.807) is 17.8 Å². The number of halogens is 1. The molecule has 0 radical (unpaired) electrons. The Bertz CT molecular complexity index is 648. The van der Waals surface area contributed by atoms with Gasteiger partial charge in [-0.25, -0.2) is 0 Å². The maximum absolute atomic E-state index is 9.18. The van der Waals surface area contributed by atoms with Gasteiger partial charge in [0, 0.05) is 9.79 Å². The minimum absolute atomic E-state index is 0.150. The monoisotopic (exact) mass is 301 g/mol. The standard InChI is InChI=1S/C17H16ClNS/c1-17(2,3)12-7-9-13(10-8-12)20-16-6-4-5-15(18)14(16)11-19/h4-10H,1-3H3. The van der Waals surface area contributed by atoms with Gasteiger partial charge in [0.2, 0.25) is 0 Å². The Hall–Kier alpha value is -1.43. The van der Waals surface area contributed by atoms with Crippen molar-refractivity contribution in [1.29, 1.82) is 5.26 Å². The molecule has 0 atom stereocenters. The third kappa shape index (κ3) is 3.36. The summed E-state index contributed by atoms with van der Waals surface area (Å²) in [4.78, 5) is 2.00. The molecule has 0 bridgehead atoms. The molecule has 0 saturated heterocycles. The lowest BCUT2D eigenvalue weighted by Gasteiger charge is -2.19. The quantitative estimate of drug-likeness (QED) is 0.714. The number of nitriles is 1. The van der Waals surface area contributed by atoms with Gasteiger partial charge in [-0.15, -0.1) is 0 Å². The van der Waals surface area contributed by atoms with Gasteiger partial charge in [-0.1, -0.05) is 62.3 Å². The topological polar surface area (TPSA) is 23.8 Å². The van der Waals surface area contributed by atoms with E-state index >= 15 is 0 Å². The second kappa shape index (κ2) is 5.91. The number of benzene rings is 2. The van der Waals surface area contributed by atoms with Crippen LogP contribution in [0, 0.1) is 11.3 Å². The van der Waals surface area contributed by atoms with Gasteiger partial charge in [0.05, 0.1) is 10.6 Å². The van der Waals surface area contributed by atoms with E-state index in [1.807, 2.05) is 12.1 Å². The van der Waals surface area contributed by atoms with Crippen molar-refractivity contribution in [2.45, 2.75) is 36.0 Å². The van der Waals surface area contributed by atoms with E-state index in [0.717, 1.165) is 9.79 Å². The highest BCUT2D eigenvalue weighted by Crippen LogP contribution is 2.34. The molecule has 0 aliphatic rings. The first-order chi connectivity index (χ1) is 9.41. The summed E-state index contributed by atoms with van der Waals surface area (Å²) in [6.45, 7) is 6.58. The van der Waals surface area contributed by atoms with E-state index in [-0.39, 0.29) is 5.41 Å². The highest BCUT2D eigenvalue weighted by molar-refractivity contribution is 7.99. The van der Waals surface area contributed by atoms with Crippen molar-refractivity contribution in [2.24, 2.45) is 0 Å². The fourth-order valence-electron chi connectivity index (χ4n) is 1.85. The van der Waals surface area contributed by atoms with Gasteiger partial charge < -0.3 is 0 Å². The fourth-order valence-corrected chi connectivity index (χ4v) is 3.05. The Balaban J connectivity index is 2.28. The molecular formula is C17H16ClNS. The van der Waals surface area contributed by atoms with E-state index in [9.17, 15) is 5.26 Å². The number of nitrogens with zero attached hydrogens (tertiary/aromatic N) is 1. The lowest BCUT2D eigenvalue weighted by atomic mass is 9.87. The molecule has 0 aliphatic heterocycles. The molecule has 20 heavy (non-hydrogen) atoms. The predicted octanol–water partition coefficient (Wildman–Crippen LogP) is 5.66. The Morgan fingerprint density at radius 1 is 1.05 bits per heavy atom. The van der Waals surface area contributed by atoms with Crippen LogP contribution in [-0.2, 0) is 5.41 Å². The molecule has 0 spiro atoms. The lowest BCUT2D eigenvalue weighted by molar-refractivity contribution is 0.590. The summed E-state index contributed by atoms with van der Waals surface area (Å²) in [5, 5.41) is 9.68. The van der Waals surface area contributed by atoms with E-state index in [1.165, 1.54) is 5.56 Å². The van der Waals surface area contributed by atoms with Crippen molar-refractivity contribution in [3.8, 4) is 6.07 Å². The van der Waals surface area contributed by atoms with E-state index in [2.05, 4.69) is 51.1 Å². The van der Waals surface area contributed by atoms with Crippen LogP contribution in [0.15, 0.2) is 52.3 Å². The van der Waals surface area contributed by atoms with E-state index < -0.39 is 0 Å². The Morgan fingerprint density at radius 2 is 1.70 bits per heavy atom. The maximum atomic E-state index is 9.18. The number of hydrogen-bond donors (Lipinski definition) is 0. The van der Waals surface area contributed by atoms with Crippen molar-refractivity contribution in [3.05, 3.63) is 58.6 Å². The zero-order valence-electron chi connectivity index (χ0n) is 11.8. The molecule has 0 unspecified atom stereocenters. The first-order valence-corrected chi connectivity index (χ1v) is 7.58. The van der Waals surface area contributed by atoms with Crippen molar-refractivity contribution in [3.63, 3.8) is 0 Å². The predicted molar refractivity (Wildman–Crippen MR) is 85.4 cm³/mol. The minimum atomic E-state index is 0.150. The van der Waals surface area contributed by atoms with Crippen LogP contribution in [0.2, 0.25) is 5.02 Å². The van der Waals surface area contributed by atoms with Crippen LogP contribution in [0.4, 0.5) is 0 Å². The van der Waals surface area contributed by atoms with Crippen LogP contribution in [0.25, 0.3) is 0 Å². The summed E-state index contributed by atoms with van der Waals surface area (Å²) < 4.78 is 0. The summed E-state index contributed by atoms with van der Waals surface area (Å²) in [7, 11) is 0. The molecule has 0 fully saturated rings.